The highest BCUT2D eigenvalue weighted by Gasteiger charge is 2.31. The van der Waals surface area contributed by atoms with Crippen molar-refractivity contribution >= 4 is 64.8 Å². The molecule has 12 nitrogen and oxygen atoms in total. The van der Waals surface area contributed by atoms with Gasteiger partial charge in [0.15, 0.2) is 5.82 Å². The van der Waals surface area contributed by atoms with Crippen molar-refractivity contribution in [1.82, 2.24) is 14.9 Å². The number of ether oxygens (including phenoxy) is 1. The van der Waals surface area contributed by atoms with E-state index in [9.17, 15) is 9.59 Å². The van der Waals surface area contributed by atoms with Gasteiger partial charge in [-0.1, -0.05) is 23.2 Å². The van der Waals surface area contributed by atoms with Gasteiger partial charge < -0.3 is 20.5 Å². The lowest BCUT2D eigenvalue weighted by atomic mass is 10.1. The molecule has 0 radical (unpaired) electrons. The number of hydrazone groups is 1. The van der Waals surface area contributed by atoms with Gasteiger partial charge in [-0.3, -0.25) is 15.1 Å². The molecule has 1 aromatic heterocycles. The number of aromatic nitrogens is 2. The van der Waals surface area contributed by atoms with Crippen LogP contribution in [0.25, 0.3) is 17.0 Å². The number of carbonyl (C=O) groups is 2. The number of nitrogens with zero attached hydrogens (tertiary/aromatic N) is 5. The molecule has 2 aromatic carbocycles. The number of allylic oxidation sites excluding steroid dienone is 1. The maximum Gasteiger partial charge on any atom is 0.412 e. The van der Waals surface area contributed by atoms with E-state index in [-0.39, 0.29) is 22.3 Å². The molecule has 0 saturated carbocycles. The van der Waals surface area contributed by atoms with E-state index in [4.69, 9.17) is 44.6 Å². The molecule has 1 fully saturated rings. The van der Waals surface area contributed by atoms with Crippen LogP contribution in [0.3, 0.4) is 0 Å². The molecule has 0 bridgehead atoms. The van der Waals surface area contributed by atoms with Crippen LogP contribution in [0.4, 0.5) is 20.6 Å². The van der Waals surface area contributed by atoms with Gasteiger partial charge in [-0.05, 0) is 57.5 Å². The molecule has 2 heterocycles. The Labute approximate surface area is 263 Å². The second-order valence-electron chi connectivity index (χ2n) is 10.8. The summed E-state index contributed by atoms with van der Waals surface area (Å²) >= 11 is 12.5. The van der Waals surface area contributed by atoms with E-state index in [1.165, 1.54) is 35.8 Å². The minimum atomic E-state index is -0.750. The quantitative estimate of drug-likeness (QED) is 0.0591. The van der Waals surface area contributed by atoms with Crippen LogP contribution in [0.5, 0.6) is 0 Å². The van der Waals surface area contributed by atoms with E-state index < -0.39 is 17.5 Å². The van der Waals surface area contributed by atoms with Crippen LogP contribution in [-0.4, -0.2) is 52.1 Å². The number of amides is 1. The van der Waals surface area contributed by atoms with Crippen molar-refractivity contribution in [3.05, 3.63) is 69.9 Å². The average Bonchev–Trinajstić information content (AvgIpc) is 3.57. The minimum Gasteiger partial charge on any atom is -0.444 e. The number of likely N-dealkylation sites (tertiary alicyclic amines) is 1. The number of amidine groups is 1. The molecule has 3 aromatic rings. The number of hydrazine groups is 1. The number of aromatic amines is 1. The Hall–Kier alpha value is -4.46. The van der Waals surface area contributed by atoms with Gasteiger partial charge in [0.25, 0.3) is 0 Å². The van der Waals surface area contributed by atoms with E-state index in [1.54, 1.807) is 39.0 Å². The number of benzene rings is 2. The molecule has 6 N–H and O–H groups in total. The second kappa shape index (κ2) is 13.5. The number of hydrogen-bond donors (Lipinski definition) is 4. The standard InChI is InChI=1S/C29H32Cl2FN9O3/c1-29(2,3)44-28(43)39-20-7-6-17(26(32)25(20)31)21-14-35-27(38-21)23-9-10-24(40(23)4)37-19(11-12-42)18-13-16(30)5-8-22(18)41(34)15-36-33/h5-8,11-15,23H,9-10,33-34H2,1-4H3,(H,35,38)(H,39,43)/b19-11-,36-15-,37-24?. The number of imidazole rings is 1. The molecular formula is C29H32Cl2FN9O3. The van der Waals surface area contributed by atoms with Gasteiger partial charge in [-0.15, -0.1) is 0 Å². The van der Waals surface area contributed by atoms with Crippen LogP contribution in [-0.2, 0) is 9.53 Å². The number of carbonyl (C=O) groups excluding carboxylic acids is 2. The van der Waals surface area contributed by atoms with Crippen molar-refractivity contribution in [2.75, 3.05) is 17.4 Å². The smallest absolute Gasteiger partial charge is 0.412 e. The Morgan fingerprint density at radius 2 is 2.05 bits per heavy atom. The molecule has 1 atom stereocenters. The molecule has 44 heavy (non-hydrogen) atoms. The number of hydrogen-bond acceptors (Lipinski definition) is 8. The van der Waals surface area contributed by atoms with Gasteiger partial charge >= 0.3 is 6.09 Å². The van der Waals surface area contributed by atoms with Crippen LogP contribution < -0.4 is 22.0 Å². The van der Waals surface area contributed by atoms with Crippen molar-refractivity contribution in [2.24, 2.45) is 21.8 Å². The van der Waals surface area contributed by atoms with E-state index in [0.717, 1.165) is 0 Å². The zero-order valence-corrected chi connectivity index (χ0v) is 25.9. The summed E-state index contributed by atoms with van der Waals surface area (Å²) < 4.78 is 20.6. The predicted molar refractivity (Wildman–Crippen MR) is 171 cm³/mol. The third kappa shape index (κ3) is 7.36. The summed E-state index contributed by atoms with van der Waals surface area (Å²) in [5, 5.41) is 7.27. The zero-order chi connectivity index (χ0) is 32.2. The van der Waals surface area contributed by atoms with Crippen molar-refractivity contribution in [1.29, 1.82) is 0 Å². The molecule has 0 aliphatic carbocycles. The zero-order valence-electron chi connectivity index (χ0n) is 24.4. The SMILES string of the molecule is CN1C(=N/C(=C\C=O)c2cc(Cl)ccc2N(N)/C=N\N)CCC1c1ncc(-c2ccc(NC(=O)OC(C)(C)C)c(Cl)c2F)[nH]1. The van der Waals surface area contributed by atoms with Crippen LogP contribution in [0.2, 0.25) is 10.0 Å². The van der Waals surface area contributed by atoms with Gasteiger partial charge in [0.05, 0.1) is 35.0 Å². The fourth-order valence-corrected chi connectivity index (χ4v) is 5.03. The highest BCUT2D eigenvalue weighted by Crippen LogP contribution is 2.37. The highest BCUT2D eigenvalue weighted by molar-refractivity contribution is 6.34. The fraction of sp³-hybridized carbons (Fsp3) is 0.276. The van der Waals surface area contributed by atoms with E-state index in [2.05, 4.69) is 20.4 Å². The summed E-state index contributed by atoms with van der Waals surface area (Å²) in [7, 11) is 1.85. The van der Waals surface area contributed by atoms with Crippen molar-refractivity contribution in [2.45, 2.75) is 45.3 Å². The third-order valence-corrected chi connectivity index (χ3v) is 7.22. The Morgan fingerprint density at radius 1 is 1.30 bits per heavy atom. The van der Waals surface area contributed by atoms with Crippen LogP contribution >= 0.6 is 23.2 Å². The molecule has 232 valence electrons. The number of nitrogens with two attached hydrogens (primary N) is 2. The second-order valence-corrected chi connectivity index (χ2v) is 11.6. The molecule has 1 amide bonds. The Morgan fingerprint density at radius 3 is 2.73 bits per heavy atom. The van der Waals surface area contributed by atoms with Gasteiger partial charge in [-0.2, -0.15) is 5.10 Å². The monoisotopic (exact) mass is 643 g/mol. The topological polar surface area (TPSA) is 167 Å². The van der Waals surface area contributed by atoms with Crippen LogP contribution in [0.1, 0.15) is 51.0 Å². The average molecular weight is 645 g/mol. The fourth-order valence-electron chi connectivity index (χ4n) is 4.64. The van der Waals surface area contributed by atoms with Gasteiger partial charge in [-0.25, -0.2) is 25.0 Å². The Kier molecular flexibility index (Phi) is 9.92. The lowest BCUT2D eigenvalue weighted by Gasteiger charge is -2.21. The molecule has 0 spiro atoms. The minimum absolute atomic E-state index is 0.0772. The number of aldehydes is 1. The van der Waals surface area contributed by atoms with E-state index >= 15 is 4.39 Å². The first kappa shape index (κ1) is 32.5. The first-order chi connectivity index (χ1) is 20.8. The number of halogens is 3. The van der Waals surface area contributed by atoms with E-state index in [1.807, 2.05) is 11.9 Å². The lowest BCUT2D eigenvalue weighted by molar-refractivity contribution is -0.104. The van der Waals surface area contributed by atoms with Crippen LogP contribution in [0, 0.1) is 5.82 Å². The summed E-state index contributed by atoms with van der Waals surface area (Å²) in [5.41, 5.74) is 1.23. The number of rotatable bonds is 8. The summed E-state index contributed by atoms with van der Waals surface area (Å²) in [4.78, 5) is 38.1. The Bertz CT molecular complexity index is 1650. The highest BCUT2D eigenvalue weighted by atomic mass is 35.5. The molecule has 1 aliphatic rings. The number of aliphatic imine (C=N–C) groups is 1. The summed E-state index contributed by atoms with van der Waals surface area (Å²) in [6.45, 7) is 5.15. The molecule has 1 unspecified atom stereocenters. The first-order valence-electron chi connectivity index (χ1n) is 13.4. The van der Waals surface area contributed by atoms with E-state index in [0.29, 0.717) is 58.5 Å². The van der Waals surface area contributed by atoms with Crippen molar-refractivity contribution < 1.29 is 18.7 Å². The van der Waals surface area contributed by atoms with Gasteiger partial charge in [0.2, 0.25) is 0 Å². The molecular weight excluding hydrogens is 612 g/mol. The number of H-pyrrole nitrogens is 1. The van der Waals surface area contributed by atoms with Gasteiger partial charge in [0, 0.05) is 35.7 Å². The third-order valence-electron chi connectivity index (χ3n) is 6.61. The van der Waals surface area contributed by atoms with Gasteiger partial charge in [0.1, 0.15) is 34.9 Å². The molecule has 15 heteroatoms. The maximum absolute atomic E-state index is 15.3. The van der Waals surface area contributed by atoms with Crippen LogP contribution in [0.15, 0.2) is 52.7 Å². The summed E-state index contributed by atoms with van der Waals surface area (Å²) in [5.74, 6) is 11.8. The number of nitrogens with one attached hydrogen (secondary N) is 2. The lowest BCUT2D eigenvalue weighted by Crippen LogP contribution is -2.30. The Balaban J connectivity index is 1.58. The maximum atomic E-state index is 15.3. The largest absolute Gasteiger partial charge is 0.444 e. The first-order valence-corrected chi connectivity index (χ1v) is 14.1. The summed E-state index contributed by atoms with van der Waals surface area (Å²) in [6, 6.07) is 7.70. The summed E-state index contributed by atoms with van der Waals surface area (Å²) in [6.07, 6.45) is 5.12. The van der Waals surface area contributed by atoms with Crippen molar-refractivity contribution in [3.8, 4) is 11.3 Å². The number of anilines is 2. The predicted octanol–water partition coefficient (Wildman–Crippen LogP) is 5.86. The molecule has 1 aliphatic heterocycles. The molecule has 4 rings (SSSR count). The normalized spacial score (nSPS) is 16.5. The molecule has 1 saturated heterocycles. The van der Waals surface area contributed by atoms with Crippen molar-refractivity contribution in [3.63, 3.8) is 0 Å².